The van der Waals surface area contributed by atoms with Gasteiger partial charge in [-0.3, -0.25) is 4.79 Å². The van der Waals surface area contributed by atoms with E-state index >= 15 is 0 Å². The van der Waals surface area contributed by atoms with Crippen molar-refractivity contribution in [1.29, 1.82) is 0 Å². The van der Waals surface area contributed by atoms with Crippen LogP contribution in [0.5, 0.6) is 5.75 Å². The number of hydrogen-bond acceptors (Lipinski definition) is 5. The summed E-state index contributed by atoms with van der Waals surface area (Å²) in [6.07, 6.45) is 5.31. The molecule has 32 heavy (non-hydrogen) atoms. The van der Waals surface area contributed by atoms with Gasteiger partial charge in [0.25, 0.3) is 0 Å². The first-order valence-electron chi connectivity index (χ1n) is 10.7. The Hall–Kier alpha value is -3.23. The number of carbonyl (C=O) groups excluding carboxylic acids is 1. The number of ketones is 1. The van der Waals surface area contributed by atoms with E-state index in [4.69, 9.17) is 20.6 Å². The lowest BCUT2D eigenvalue weighted by molar-refractivity contribution is 0.103. The van der Waals surface area contributed by atoms with E-state index < -0.39 is 0 Å². The fourth-order valence-corrected chi connectivity index (χ4v) is 3.01. The molecule has 0 aliphatic heterocycles. The second-order valence-corrected chi connectivity index (χ2v) is 7.84. The summed E-state index contributed by atoms with van der Waals surface area (Å²) in [5.74, 6) is 4.16. The van der Waals surface area contributed by atoms with Gasteiger partial charge in [-0.25, -0.2) is 0 Å². The van der Waals surface area contributed by atoms with Crippen molar-refractivity contribution in [1.82, 2.24) is 0 Å². The maximum absolute atomic E-state index is 13.3. The van der Waals surface area contributed by atoms with E-state index in [1.807, 2.05) is 44.2 Å². The number of rotatable bonds is 12. The third-order valence-electron chi connectivity index (χ3n) is 5.15. The van der Waals surface area contributed by atoms with Crippen molar-refractivity contribution in [2.24, 2.45) is 0 Å². The minimum absolute atomic E-state index is 0.0799. The lowest BCUT2D eigenvalue weighted by Gasteiger charge is -2.16. The molecule has 1 N–H and O–H groups in total. The molecule has 0 aromatic heterocycles. The maximum atomic E-state index is 13.3. The van der Waals surface area contributed by atoms with E-state index in [2.05, 4.69) is 25.1 Å². The SMILES string of the molecule is C#CCOc1ccc(NC/C(C)=C(/C)OCCOC)c(C(=O)c2ccc(C(C)C)cc2)c1. The van der Waals surface area contributed by atoms with Gasteiger partial charge < -0.3 is 19.5 Å². The average molecular weight is 436 g/mol. The molecule has 0 saturated heterocycles. The largest absolute Gasteiger partial charge is 0.496 e. The Morgan fingerprint density at radius 2 is 1.81 bits per heavy atom. The Labute approximate surface area is 191 Å². The highest BCUT2D eigenvalue weighted by Crippen LogP contribution is 2.26. The molecule has 0 amide bonds. The topological polar surface area (TPSA) is 56.8 Å². The van der Waals surface area contributed by atoms with E-state index in [1.54, 1.807) is 19.2 Å². The molecule has 0 bridgehead atoms. The smallest absolute Gasteiger partial charge is 0.195 e. The van der Waals surface area contributed by atoms with Crippen LogP contribution < -0.4 is 10.1 Å². The molecule has 0 heterocycles. The van der Waals surface area contributed by atoms with Gasteiger partial charge in [0.2, 0.25) is 0 Å². The Bertz CT molecular complexity index is 968. The molecule has 0 saturated carbocycles. The molecular formula is C27H33NO4. The molecule has 5 heteroatoms. The molecule has 2 aromatic carbocycles. The second kappa shape index (κ2) is 12.6. The predicted octanol–water partition coefficient (Wildman–Crippen LogP) is 5.42. The molecule has 0 aliphatic rings. The third-order valence-corrected chi connectivity index (χ3v) is 5.15. The summed E-state index contributed by atoms with van der Waals surface area (Å²) in [5.41, 5.74) is 4.10. The fraction of sp³-hybridized carbons (Fsp3) is 0.370. The van der Waals surface area contributed by atoms with E-state index in [9.17, 15) is 4.79 Å². The van der Waals surface area contributed by atoms with Crippen LogP contribution in [0, 0.1) is 12.3 Å². The molecule has 0 fully saturated rings. The number of carbonyl (C=O) groups is 1. The molecule has 0 atom stereocenters. The standard InChI is InChI=1S/C27H33NO4/c1-7-14-32-24-12-13-26(28-18-20(4)21(5)31-16-15-30-6)25(17-24)27(29)23-10-8-22(9-11-23)19(2)3/h1,8-13,17,19,28H,14-16,18H2,2-6H3/b21-20-. The molecule has 2 rings (SSSR count). The van der Waals surface area contributed by atoms with E-state index in [-0.39, 0.29) is 12.4 Å². The predicted molar refractivity (Wildman–Crippen MR) is 129 cm³/mol. The van der Waals surface area contributed by atoms with Crippen LogP contribution in [-0.2, 0) is 9.47 Å². The highest BCUT2D eigenvalue weighted by Gasteiger charge is 2.16. The lowest BCUT2D eigenvalue weighted by atomic mass is 9.97. The van der Waals surface area contributed by atoms with Gasteiger partial charge >= 0.3 is 0 Å². The number of anilines is 1. The first-order chi connectivity index (χ1) is 15.4. The molecule has 0 radical (unpaired) electrons. The minimum Gasteiger partial charge on any atom is -0.496 e. The summed E-state index contributed by atoms with van der Waals surface area (Å²) < 4.78 is 16.3. The molecule has 0 aliphatic carbocycles. The van der Waals surface area contributed by atoms with Gasteiger partial charge in [-0.2, -0.15) is 0 Å². The zero-order chi connectivity index (χ0) is 23.5. The van der Waals surface area contributed by atoms with Gasteiger partial charge in [0.05, 0.1) is 12.4 Å². The first-order valence-corrected chi connectivity index (χ1v) is 10.7. The molecule has 170 valence electrons. The van der Waals surface area contributed by atoms with Crippen molar-refractivity contribution in [2.75, 3.05) is 38.8 Å². The van der Waals surface area contributed by atoms with Gasteiger partial charge in [0.1, 0.15) is 19.0 Å². The zero-order valence-corrected chi connectivity index (χ0v) is 19.7. The summed E-state index contributed by atoms with van der Waals surface area (Å²) >= 11 is 0. The summed E-state index contributed by atoms with van der Waals surface area (Å²) in [7, 11) is 1.64. The Morgan fingerprint density at radius 1 is 1.09 bits per heavy atom. The Kier molecular flexibility index (Phi) is 9.84. The summed E-state index contributed by atoms with van der Waals surface area (Å²) in [4.78, 5) is 13.3. The van der Waals surface area contributed by atoms with Crippen molar-refractivity contribution in [3.8, 4) is 18.1 Å². The monoisotopic (exact) mass is 435 g/mol. The van der Waals surface area contributed by atoms with Crippen LogP contribution in [0.25, 0.3) is 0 Å². The number of allylic oxidation sites excluding steroid dienone is 1. The van der Waals surface area contributed by atoms with Crippen molar-refractivity contribution in [3.05, 3.63) is 70.5 Å². The van der Waals surface area contributed by atoms with Crippen LogP contribution in [0.2, 0.25) is 0 Å². The van der Waals surface area contributed by atoms with E-state index in [0.717, 1.165) is 17.0 Å². The van der Waals surface area contributed by atoms with E-state index in [1.165, 1.54) is 5.56 Å². The Morgan fingerprint density at radius 3 is 2.44 bits per heavy atom. The second-order valence-electron chi connectivity index (χ2n) is 7.84. The van der Waals surface area contributed by atoms with Crippen molar-refractivity contribution >= 4 is 11.5 Å². The zero-order valence-electron chi connectivity index (χ0n) is 19.7. The minimum atomic E-state index is -0.0799. The van der Waals surface area contributed by atoms with Crippen molar-refractivity contribution in [3.63, 3.8) is 0 Å². The lowest BCUT2D eigenvalue weighted by Crippen LogP contribution is -2.12. The van der Waals surface area contributed by atoms with Crippen LogP contribution in [0.4, 0.5) is 5.69 Å². The number of hydrogen-bond donors (Lipinski definition) is 1. The summed E-state index contributed by atoms with van der Waals surface area (Å²) in [6.45, 7) is 9.88. The quantitative estimate of drug-likeness (QED) is 0.209. The number of terminal acetylenes is 1. The number of benzene rings is 2. The van der Waals surface area contributed by atoms with Crippen LogP contribution in [-0.4, -0.2) is 39.3 Å². The summed E-state index contributed by atoms with van der Waals surface area (Å²) in [5, 5.41) is 3.36. The van der Waals surface area contributed by atoms with Crippen LogP contribution in [0.1, 0.15) is 55.1 Å². The number of nitrogens with one attached hydrogen (secondary N) is 1. The van der Waals surface area contributed by atoms with Crippen molar-refractivity contribution in [2.45, 2.75) is 33.6 Å². The molecule has 5 nitrogen and oxygen atoms in total. The van der Waals surface area contributed by atoms with E-state index in [0.29, 0.717) is 42.6 Å². The third kappa shape index (κ3) is 7.18. The maximum Gasteiger partial charge on any atom is 0.195 e. The van der Waals surface area contributed by atoms with Gasteiger partial charge in [-0.1, -0.05) is 44.0 Å². The van der Waals surface area contributed by atoms with Crippen LogP contribution in [0.3, 0.4) is 0 Å². The van der Waals surface area contributed by atoms with Gasteiger partial charge in [0.15, 0.2) is 5.78 Å². The first kappa shape index (κ1) is 25.0. The molecule has 0 spiro atoms. The molecule has 2 aromatic rings. The van der Waals surface area contributed by atoms with Gasteiger partial charge in [0, 0.05) is 30.5 Å². The number of methoxy groups -OCH3 is 1. The van der Waals surface area contributed by atoms with Crippen LogP contribution >= 0.6 is 0 Å². The highest BCUT2D eigenvalue weighted by molar-refractivity contribution is 6.12. The van der Waals surface area contributed by atoms with Crippen LogP contribution in [0.15, 0.2) is 53.8 Å². The molecular weight excluding hydrogens is 402 g/mol. The normalized spacial score (nSPS) is 11.5. The van der Waals surface area contributed by atoms with Gasteiger partial charge in [-0.05, 0) is 49.1 Å². The number of ether oxygens (including phenoxy) is 3. The summed E-state index contributed by atoms with van der Waals surface area (Å²) in [6, 6.07) is 13.1. The van der Waals surface area contributed by atoms with Crippen molar-refractivity contribution < 1.29 is 19.0 Å². The Balaban J connectivity index is 2.27. The van der Waals surface area contributed by atoms with Gasteiger partial charge in [-0.15, -0.1) is 6.42 Å². The molecule has 0 unspecified atom stereocenters. The fourth-order valence-electron chi connectivity index (χ4n) is 3.01. The highest BCUT2D eigenvalue weighted by atomic mass is 16.5. The average Bonchev–Trinajstić information content (AvgIpc) is 2.81.